The number of aromatic nitrogens is 1. The number of rotatable bonds is 4. The molecular formula is C14H19ClN4. The van der Waals surface area contributed by atoms with Crippen molar-refractivity contribution < 1.29 is 0 Å². The summed E-state index contributed by atoms with van der Waals surface area (Å²) in [6.45, 7) is 4.17. The fraction of sp³-hybridized carbons (Fsp3) is 0.571. The Bertz CT molecular complexity index is 447. The average Bonchev–Trinajstić information content (AvgIpc) is 2.69. The summed E-state index contributed by atoms with van der Waals surface area (Å²) in [6, 6.07) is 3.69. The van der Waals surface area contributed by atoms with Crippen molar-refractivity contribution in [1.29, 1.82) is 5.26 Å². The van der Waals surface area contributed by atoms with Crippen molar-refractivity contribution in [2.45, 2.75) is 25.7 Å². The van der Waals surface area contributed by atoms with E-state index in [1.165, 1.54) is 38.8 Å². The second kappa shape index (κ2) is 7.32. The standard InChI is InChI=1S/C14H19ClN4/c15-13-12(11-16)5-6-17-14(13)18-7-10-19-8-3-1-2-4-9-19/h5-6H,1-4,7-10H2,(H,17,18). The van der Waals surface area contributed by atoms with E-state index < -0.39 is 0 Å². The summed E-state index contributed by atoms with van der Waals surface area (Å²) in [7, 11) is 0. The molecule has 0 atom stereocenters. The predicted octanol–water partition coefficient (Wildman–Crippen LogP) is 2.89. The van der Waals surface area contributed by atoms with Gasteiger partial charge in [0, 0.05) is 19.3 Å². The normalized spacial score (nSPS) is 16.6. The van der Waals surface area contributed by atoms with Gasteiger partial charge in [-0.25, -0.2) is 4.98 Å². The summed E-state index contributed by atoms with van der Waals surface area (Å²) in [4.78, 5) is 6.65. The minimum absolute atomic E-state index is 0.417. The SMILES string of the molecule is N#Cc1ccnc(NCCN2CCCCCC2)c1Cl. The van der Waals surface area contributed by atoms with E-state index in [2.05, 4.69) is 21.3 Å². The topological polar surface area (TPSA) is 52.0 Å². The lowest BCUT2D eigenvalue weighted by molar-refractivity contribution is 0.296. The summed E-state index contributed by atoms with van der Waals surface area (Å²) >= 11 is 6.10. The smallest absolute Gasteiger partial charge is 0.146 e. The Kier molecular flexibility index (Phi) is 5.44. The third kappa shape index (κ3) is 4.09. The van der Waals surface area contributed by atoms with Crippen LogP contribution in [0, 0.1) is 11.3 Å². The molecule has 1 fully saturated rings. The van der Waals surface area contributed by atoms with E-state index in [-0.39, 0.29) is 0 Å². The molecular weight excluding hydrogens is 260 g/mol. The lowest BCUT2D eigenvalue weighted by atomic mass is 10.2. The Labute approximate surface area is 119 Å². The summed E-state index contributed by atoms with van der Waals surface area (Å²) in [5, 5.41) is 12.5. The maximum atomic E-state index is 8.91. The zero-order chi connectivity index (χ0) is 13.5. The number of likely N-dealkylation sites (tertiary alicyclic amines) is 1. The molecule has 0 unspecified atom stereocenters. The van der Waals surface area contributed by atoms with Gasteiger partial charge >= 0.3 is 0 Å². The second-order valence-electron chi connectivity index (χ2n) is 4.82. The van der Waals surface area contributed by atoms with Crippen LogP contribution in [0.1, 0.15) is 31.2 Å². The van der Waals surface area contributed by atoms with E-state index in [1.54, 1.807) is 12.3 Å². The highest BCUT2D eigenvalue weighted by atomic mass is 35.5. The van der Waals surface area contributed by atoms with E-state index in [1.807, 2.05) is 0 Å². The minimum Gasteiger partial charge on any atom is -0.368 e. The van der Waals surface area contributed by atoms with Gasteiger partial charge in [-0.05, 0) is 32.0 Å². The highest BCUT2D eigenvalue weighted by Crippen LogP contribution is 2.22. The van der Waals surface area contributed by atoms with Crippen LogP contribution in [0.15, 0.2) is 12.3 Å². The van der Waals surface area contributed by atoms with E-state index in [4.69, 9.17) is 16.9 Å². The lowest BCUT2D eigenvalue weighted by Crippen LogP contribution is -2.30. The van der Waals surface area contributed by atoms with Crippen LogP contribution in [-0.4, -0.2) is 36.1 Å². The molecule has 19 heavy (non-hydrogen) atoms. The molecule has 0 saturated carbocycles. The maximum Gasteiger partial charge on any atom is 0.146 e. The molecule has 1 N–H and O–H groups in total. The Morgan fingerprint density at radius 3 is 2.74 bits per heavy atom. The van der Waals surface area contributed by atoms with Gasteiger partial charge in [0.1, 0.15) is 16.9 Å². The Morgan fingerprint density at radius 1 is 1.32 bits per heavy atom. The van der Waals surface area contributed by atoms with E-state index >= 15 is 0 Å². The highest BCUT2D eigenvalue weighted by Gasteiger charge is 2.10. The van der Waals surface area contributed by atoms with Crippen LogP contribution in [0.3, 0.4) is 0 Å². The molecule has 2 rings (SSSR count). The Balaban J connectivity index is 1.84. The molecule has 1 aromatic rings. The van der Waals surface area contributed by atoms with Crippen LogP contribution in [0.4, 0.5) is 5.82 Å². The highest BCUT2D eigenvalue weighted by molar-refractivity contribution is 6.34. The first kappa shape index (κ1) is 14.1. The molecule has 0 aliphatic carbocycles. The molecule has 4 nitrogen and oxygen atoms in total. The first-order valence-corrected chi connectivity index (χ1v) is 7.20. The van der Waals surface area contributed by atoms with Crippen molar-refractivity contribution in [3.8, 4) is 6.07 Å². The van der Waals surface area contributed by atoms with Gasteiger partial charge < -0.3 is 10.2 Å². The molecule has 1 aliphatic heterocycles. The van der Waals surface area contributed by atoms with Gasteiger partial charge in [0.25, 0.3) is 0 Å². The molecule has 0 aromatic carbocycles. The summed E-state index contributed by atoms with van der Waals surface area (Å²) in [5.74, 6) is 0.607. The zero-order valence-corrected chi connectivity index (χ0v) is 11.8. The van der Waals surface area contributed by atoms with Gasteiger partial charge in [-0.1, -0.05) is 24.4 Å². The summed E-state index contributed by atoms with van der Waals surface area (Å²) < 4.78 is 0. The van der Waals surface area contributed by atoms with Crippen molar-refractivity contribution in [2.24, 2.45) is 0 Å². The van der Waals surface area contributed by atoms with Gasteiger partial charge in [0.15, 0.2) is 0 Å². The van der Waals surface area contributed by atoms with E-state index in [0.29, 0.717) is 16.4 Å². The molecule has 0 amide bonds. The molecule has 1 aliphatic rings. The van der Waals surface area contributed by atoms with Crippen LogP contribution in [-0.2, 0) is 0 Å². The molecule has 5 heteroatoms. The van der Waals surface area contributed by atoms with Crippen molar-refractivity contribution >= 4 is 17.4 Å². The first-order chi connectivity index (χ1) is 9.31. The second-order valence-corrected chi connectivity index (χ2v) is 5.19. The van der Waals surface area contributed by atoms with E-state index in [9.17, 15) is 0 Å². The number of hydrogen-bond donors (Lipinski definition) is 1. The van der Waals surface area contributed by atoms with Crippen molar-refractivity contribution in [1.82, 2.24) is 9.88 Å². The quantitative estimate of drug-likeness (QED) is 0.920. The number of halogens is 1. The fourth-order valence-corrected chi connectivity index (χ4v) is 2.57. The van der Waals surface area contributed by atoms with Crippen LogP contribution in [0.2, 0.25) is 5.02 Å². The van der Waals surface area contributed by atoms with Crippen molar-refractivity contribution in [2.75, 3.05) is 31.5 Å². The summed E-state index contributed by atoms with van der Waals surface area (Å²) in [5.41, 5.74) is 0.467. The third-order valence-electron chi connectivity index (χ3n) is 3.43. The fourth-order valence-electron chi connectivity index (χ4n) is 2.35. The third-order valence-corrected chi connectivity index (χ3v) is 3.81. The molecule has 0 bridgehead atoms. The molecule has 1 aromatic heterocycles. The lowest BCUT2D eigenvalue weighted by Gasteiger charge is -2.20. The predicted molar refractivity (Wildman–Crippen MR) is 77.4 cm³/mol. The molecule has 102 valence electrons. The van der Waals surface area contributed by atoms with Gasteiger partial charge in [0.2, 0.25) is 0 Å². The van der Waals surface area contributed by atoms with Crippen LogP contribution in [0.5, 0.6) is 0 Å². The van der Waals surface area contributed by atoms with Crippen LogP contribution < -0.4 is 5.32 Å². The molecule has 0 spiro atoms. The van der Waals surface area contributed by atoms with E-state index in [0.717, 1.165) is 13.1 Å². The van der Waals surface area contributed by atoms with Gasteiger partial charge in [-0.15, -0.1) is 0 Å². The largest absolute Gasteiger partial charge is 0.368 e. The average molecular weight is 279 g/mol. The van der Waals surface area contributed by atoms with Crippen LogP contribution in [0.25, 0.3) is 0 Å². The Hall–Kier alpha value is -1.31. The van der Waals surface area contributed by atoms with Crippen LogP contribution >= 0.6 is 11.6 Å². The number of nitrogens with zero attached hydrogens (tertiary/aromatic N) is 3. The van der Waals surface area contributed by atoms with Gasteiger partial charge in [0.05, 0.1) is 5.56 Å². The first-order valence-electron chi connectivity index (χ1n) is 6.82. The zero-order valence-electron chi connectivity index (χ0n) is 11.0. The summed E-state index contributed by atoms with van der Waals surface area (Å²) in [6.07, 6.45) is 6.90. The van der Waals surface area contributed by atoms with Crippen molar-refractivity contribution in [3.63, 3.8) is 0 Å². The number of hydrogen-bond acceptors (Lipinski definition) is 4. The number of nitriles is 1. The van der Waals surface area contributed by atoms with Gasteiger partial charge in [-0.2, -0.15) is 5.26 Å². The molecule has 1 saturated heterocycles. The maximum absolute atomic E-state index is 8.91. The number of pyridine rings is 1. The Morgan fingerprint density at radius 2 is 2.05 bits per heavy atom. The minimum atomic E-state index is 0.417. The molecule has 2 heterocycles. The number of nitrogens with one attached hydrogen (secondary N) is 1. The molecule has 0 radical (unpaired) electrons. The number of anilines is 1. The monoisotopic (exact) mass is 278 g/mol. The van der Waals surface area contributed by atoms with Crippen molar-refractivity contribution in [3.05, 3.63) is 22.8 Å². The van der Waals surface area contributed by atoms with Gasteiger partial charge in [-0.3, -0.25) is 0 Å².